The van der Waals surface area contributed by atoms with Crippen LogP contribution in [0.3, 0.4) is 0 Å². The monoisotopic (exact) mass is 568 g/mol. The molecule has 37 heavy (non-hydrogen) atoms. The number of halogens is 3. The topological polar surface area (TPSA) is 133 Å². The zero-order valence-electron chi connectivity index (χ0n) is 20.4. The lowest BCUT2D eigenvalue weighted by molar-refractivity contribution is -0.155. The van der Waals surface area contributed by atoms with Crippen molar-refractivity contribution in [3.8, 4) is 0 Å². The van der Waals surface area contributed by atoms with Crippen LogP contribution in [0.5, 0.6) is 0 Å². The molecule has 198 valence electrons. The summed E-state index contributed by atoms with van der Waals surface area (Å²) in [6.07, 6.45) is 0.669. The molecule has 8 nitrogen and oxygen atoms in total. The van der Waals surface area contributed by atoms with Crippen LogP contribution < -0.4 is 10.6 Å². The van der Waals surface area contributed by atoms with Gasteiger partial charge >= 0.3 is 11.9 Å². The Morgan fingerprint density at radius 3 is 2.05 bits per heavy atom. The third-order valence-corrected chi connectivity index (χ3v) is 8.33. The fourth-order valence-corrected chi connectivity index (χ4v) is 5.72. The lowest BCUT2D eigenvalue weighted by Crippen LogP contribution is -2.49. The quantitative estimate of drug-likeness (QED) is 0.330. The van der Waals surface area contributed by atoms with Gasteiger partial charge in [-0.2, -0.15) is 0 Å². The van der Waals surface area contributed by atoms with Crippen LogP contribution in [0.4, 0.5) is 5.69 Å². The average Bonchev–Trinajstić information content (AvgIpc) is 3.03. The molecule has 1 saturated carbocycles. The van der Waals surface area contributed by atoms with Gasteiger partial charge in [0.2, 0.25) is 5.91 Å². The highest BCUT2D eigenvalue weighted by molar-refractivity contribution is 6.42. The normalized spacial score (nSPS) is 21.2. The van der Waals surface area contributed by atoms with Crippen molar-refractivity contribution in [2.24, 2.45) is 16.7 Å². The average molecular weight is 570 g/mol. The van der Waals surface area contributed by atoms with Crippen molar-refractivity contribution < 1.29 is 29.4 Å². The van der Waals surface area contributed by atoms with Crippen LogP contribution >= 0.6 is 34.8 Å². The lowest BCUT2D eigenvalue weighted by atomic mass is 9.65. The predicted octanol–water partition coefficient (Wildman–Crippen LogP) is 5.54. The summed E-state index contributed by atoms with van der Waals surface area (Å²) >= 11 is 18.1. The van der Waals surface area contributed by atoms with E-state index in [1.54, 1.807) is 45.0 Å². The van der Waals surface area contributed by atoms with E-state index in [0.29, 0.717) is 29.1 Å². The number of hydrogen-bond donors (Lipinski definition) is 4. The Hall–Kier alpha value is -2.81. The van der Waals surface area contributed by atoms with Gasteiger partial charge in [0.1, 0.15) is 6.04 Å². The van der Waals surface area contributed by atoms with E-state index < -0.39 is 46.5 Å². The Bertz CT molecular complexity index is 1220. The van der Waals surface area contributed by atoms with Crippen LogP contribution in [0.25, 0.3) is 0 Å². The smallest absolute Gasteiger partial charge is 0.326 e. The summed E-state index contributed by atoms with van der Waals surface area (Å²) in [5.41, 5.74) is -0.850. The molecule has 0 spiro atoms. The van der Waals surface area contributed by atoms with Crippen molar-refractivity contribution in [3.63, 3.8) is 0 Å². The summed E-state index contributed by atoms with van der Waals surface area (Å²) in [6, 6.07) is 8.03. The van der Waals surface area contributed by atoms with Crippen LogP contribution in [0.2, 0.25) is 15.1 Å². The molecule has 2 unspecified atom stereocenters. The summed E-state index contributed by atoms with van der Waals surface area (Å²) in [5, 5.41) is 25.1. The van der Waals surface area contributed by atoms with E-state index in [1.807, 2.05) is 0 Å². The van der Waals surface area contributed by atoms with E-state index in [4.69, 9.17) is 34.8 Å². The fraction of sp³-hybridized carbons (Fsp3) is 0.385. The van der Waals surface area contributed by atoms with Crippen molar-refractivity contribution in [3.05, 3.63) is 62.6 Å². The lowest BCUT2D eigenvalue weighted by Gasteiger charge is -2.38. The van der Waals surface area contributed by atoms with Crippen molar-refractivity contribution in [1.82, 2.24) is 5.32 Å². The molecular weight excluding hydrogens is 543 g/mol. The molecule has 11 heteroatoms. The zero-order valence-corrected chi connectivity index (χ0v) is 22.7. The fourth-order valence-electron chi connectivity index (χ4n) is 4.73. The standard InChI is InChI=1S/C26H27Cl3N2O6/c1-25(2)16(8-9-26(25,3)24(36)37)21(32)31-19(23(34)35)10-13-4-6-15(7-5-13)30-22(33)20-17(28)11-14(27)12-18(20)29/h4-7,11-12,16,19H,8-10H2,1-3H3,(H,30,33)(H,31,32)(H,34,35)(H,36,37)/t16?,19-,26?/m0/s1. The number of carbonyl (C=O) groups excluding carboxylic acids is 2. The van der Waals surface area contributed by atoms with Gasteiger partial charge in [-0.15, -0.1) is 0 Å². The van der Waals surface area contributed by atoms with Gasteiger partial charge in [-0.25, -0.2) is 4.79 Å². The molecule has 3 rings (SSSR count). The Kier molecular flexibility index (Phi) is 8.47. The SMILES string of the molecule is CC1(C(=O)O)CCC(C(=O)N[C@@H](Cc2ccc(NC(=O)c3c(Cl)cc(Cl)cc3Cl)cc2)C(=O)O)C1(C)C. The molecule has 1 fully saturated rings. The van der Waals surface area contributed by atoms with Gasteiger partial charge in [-0.05, 0) is 55.0 Å². The molecule has 0 aliphatic heterocycles. The molecule has 0 aromatic heterocycles. The van der Waals surface area contributed by atoms with Crippen molar-refractivity contribution in [1.29, 1.82) is 0 Å². The molecule has 0 heterocycles. The third kappa shape index (κ3) is 5.87. The Morgan fingerprint density at radius 2 is 1.57 bits per heavy atom. The van der Waals surface area contributed by atoms with Crippen molar-refractivity contribution >= 4 is 64.2 Å². The van der Waals surface area contributed by atoms with E-state index in [2.05, 4.69) is 10.6 Å². The first-order chi connectivity index (χ1) is 17.2. The first-order valence-electron chi connectivity index (χ1n) is 11.5. The maximum absolute atomic E-state index is 13.0. The minimum Gasteiger partial charge on any atom is -0.481 e. The van der Waals surface area contributed by atoms with Gasteiger partial charge in [0, 0.05) is 23.0 Å². The summed E-state index contributed by atoms with van der Waals surface area (Å²) in [4.78, 5) is 49.4. The van der Waals surface area contributed by atoms with Crippen LogP contribution in [0, 0.1) is 16.7 Å². The predicted molar refractivity (Wildman–Crippen MR) is 141 cm³/mol. The molecule has 0 saturated heterocycles. The number of carboxylic acids is 2. The second-order valence-electron chi connectivity index (χ2n) is 9.95. The number of carboxylic acid groups (broad SMARTS) is 2. The molecule has 4 N–H and O–H groups in total. The highest BCUT2D eigenvalue weighted by atomic mass is 35.5. The van der Waals surface area contributed by atoms with Crippen LogP contribution in [0.15, 0.2) is 36.4 Å². The number of benzene rings is 2. The molecule has 0 bridgehead atoms. The van der Waals surface area contributed by atoms with Gasteiger partial charge in [-0.3, -0.25) is 14.4 Å². The van der Waals surface area contributed by atoms with E-state index in [9.17, 15) is 29.4 Å². The molecule has 2 aromatic carbocycles. The maximum atomic E-state index is 13.0. The number of aliphatic carboxylic acids is 2. The summed E-state index contributed by atoms with van der Waals surface area (Å²) in [7, 11) is 0. The molecule has 0 radical (unpaired) electrons. The number of carbonyl (C=O) groups is 4. The first-order valence-corrected chi connectivity index (χ1v) is 12.6. The molecule has 2 aromatic rings. The van der Waals surface area contributed by atoms with Gasteiger partial charge in [0.05, 0.1) is 21.0 Å². The Balaban J connectivity index is 1.68. The second-order valence-corrected chi connectivity index (χ2v) is 11.2. The molecule has 1 aliphatic carbocycles. The largest absolute Gasteiger partial charge is 0.481 e. The van der Waals surface area contributed by atoms with E-state index >= 15 is 0 Å². The highest BCUT2D eigenvalue weighted by Crippen LogP contribution is 2.56. The van der Waals surface area contributed by atoms with Crippen molar-refractivity contribution in [2.45, 2.75) is 46.1 Å². The first kappa shape index (κ1) is 28.8. The maximum Gasteiger partial charge on any atom is 0.326 e. The summed E-state index contributed by atoms with van der Waals surface area (Å²) < 4.78 is 0. The molecule has 2 amide bonds. The van der Waals surface area contributed by atoms with Gasteiger partial charge in [0.25, 0.3) is 5.91 Å². The zero-order chi connectivity index (χ0) is 27.7. The number of amides is 2. The number of hydrogen-bond acceptors (Lipinski definition) is 4. The van der Waals surface area contributed by atoms with E-state index in [0.717, 1.165) is 0 Å². The van der Waals surface area contributed by atoms with E-state index in [1.165, 1.54) is 12.1 Å². The summed E-state index contributed by atoms with van der Waals surface area (Å²) in [6.45, 7) is 5.07. The Labute approximate surface area is 229 Å². The highest BCUT2D eigenvalue weighted by Gasteiger charge is 2.58. The third-order valence-electron chi connectivity index (χ3n) is 7.51. The summed E-state index contributed by atoms with van der Waals surface area (Å²) in [5.74, 6) is -3.85. The molecule has 1 aliphatic rings. The number of rotatable bonds is 8. The second kappa shape index (κ2) is 10.9. The van der Waals surface area contributed by atoms with Gasteiger partial charge in [-0.1, -0.05) is 60.8 Å². The van der Waals surface area contributed by atoms with Gasteiger partial charge < -0.3 is 20.8 Å². The van der Waals surface area contributed by atoms with Crippen LogP contribution in [-0.4, -0.2) is 40.0 Å². The number of nitrogens with one attached hydrogen (secondary N) is 2. The van der Waals surface area contributed by atoms with Gasteiger partial charge in [0.15, 0.2) is 0 Å². The van der Waals surface area contributed by atoms with Crippen LogP contribution in [-0.2, 0) is 20.8 Å². The number of anilines is 1. The van der Waals surface area contributed by atoms with E-state index in [-0.39, 0.29) is 22.0 Å². The molecule has 3 atom stereocenters. The Morgan fingerprint density at radius 1 is 1.00 bits per heavy atom. The van der Waals surface area contributed by atoms with Crippen molar-refractivity contribution in [2.75, 3.05) is 5.32 Å². The minimum absolute atomic E-state index is 0.00646. The molecular formula is C26H27Cl3N2O6. The van der Waals surface area contributed by atoms with Crippen LogP contribution in [0.1, 0.15) is 49.5 Å². The minimum atomic E-state index is -1.22.